The Morgan fingerprint density at radius 3 is 2.70 bits per heavy atom. The van der Waals surface area contributed by atoms with Crippen LogP contribution in [0.2, 0.25) is 0 Å². The number of nitrogens with two attached hydrogens (primary N) is 1. The molecule has 2 saturated heterocycles. The van der Waals surface area contributed by atoms with Crippen LogP contribution in [-0.4, -0.2) is 122 Å². The summed E-state index contributed by atoms with van der Waals surface area (Å²) in [6.07, 6.45) is -4.16. The van der Waals surface area contributed by atoms with Gasteiger partial charge in [0.2, 0.25) is 5.91 Å². The quantitative estimate of drug-likeness (QED) is 0.113. The molecule has 0 radical (unpaired) electrons. The van der Waals surface area contributed by atoms with Crippen molar-refractivity contribution in [2.45, 2.75) is 75.8 Å². The molecule has 5 rings (SSSR count). The van der Waals surface area contributed by atoms with Gasteiger partial charge >= 0.3 is 13.0 Å². The zero-order valence-corrected chi connectivity index (χ0v) is 27.2. The van der Waals surface area contributed by atoms with Crippen LogP contribution in [-0.2, 0) is 46.9 Å². The van der Waals surface area contributed by atoms with Crippen LogP contribution in [0.4, 0.5) is 10.6 Å². The van der Waals surface area contributed by atoms with E-state index in [2.05, 4.69) is 15.0 Å². The Labute approximate surface area is 271 Å². The number of ketones is 1. The van der Waals surface area contributed by atoms with Crippen LogP contribution in [0.25, 0.3) is 11.2 Å². The van der Waals surface area contributed by atoms with Crippen molar-refractivity contribution in [2.75, 3.05) is 32.0 Å². The highest BCUT2D eigenvalue weighted by atomic mass is 32.7. The van der Waals surface area contributed by atoms with Crippen LogP contribution in [0.5, 0.6) is 0 Å². The molecule has 4 N–H and O–H groups in total. The first kappa shape index (κ1) is 35.1. The average Bonchev–Trinajstić information content (AvgIpc) is 3.71. The van der Waals surface area contributed by atoms with E-state index in [1.165, 1.54) is 32.0 Å². The van der Waals surface area contributed by atoms with Gasteiger partial charge in [0.05, 0.1) is 38.2 Å². The van der Waals surface area contributed by atoms with Gasteiger partial charge in [0.15, 0.2) is 29.4 Å². The SMILES string of the molecule is CO[C@H]1C(O[P@](=O)(OC[C@H]2OC(n3cnc4c(N)ncnc43)CC2O)SCOC(=O)OC(C)C)[C@@H](CO)OC1N1C=CC(=O)CC1=O. The van der Waals surface area contributed by atoms with Crippen molar-refractivity contribution in [3.8, 4) is 0 Å². The predicted octanol–water partition coefficient (Wildman–Crippen LogP) is 0.866. The van der Waals surface area contributed by atoms with E-state index in [0.717, 1.165) is 4.90 Å². The first-order valence-electron chi connectivity index (χ1n) is 14.4. The molecule has 5 heterocycles. The van der Waals surface area contributed by atoms with Gasteiger partial charge in [0.1, 0.15) is 42.5 Å². The summed E-state index contributed by atoms with van der Waals surface area (Å²) < 4.78 is 54.9. The number of ether oxygens (including phenoxy) is 5. The number of fused-ring (bicyclic) bond motifs is 1. The Morgan fingerprint density at radius 2 is 2.00 bits per heavy atom. The van der Waals surface area contributed by atoms with Gasteiger partial charge < -0.3 is 39.6 Å². The number of anilines is 1. The van der Waals surface area contributed by atoms with Crippen molar-refractivity contribution in [3.63, 3.8) is 0 Å². The molecule has 0 aliphatic carbocycles. The number of hydrogen-bond donors (Lipinski definition) is 3. The molecule has 258 valence electrons. The molecule has 2 aromatic heterocycles. The number of allylic oxidation sites excluding steroid dienone is 1. The molecule has 0 spiro atoms. The molecule has 0 saturated carbocycles. The van der Waals surface area contributed by atoms with E-state index < -0.39 is 99.3 Å². The molecule has 0 aromatic carbocycles. The molecule has 0 bridgehead atoms. The second-order valence-electron chi connectivity index (χ2n) is 10.8. The predicted molar refractivity (Wildman–Crippen MR) is 160 cm³/mol. The number of carbonyl (C=O) groups is 3. The van der Waals surface area contributed by atoms with Gasteiger partial charge in [-0.3, -0.25) is 28.1 Å². The summed E-state index contributed by atoms with van der Waals surface area (Å²) in [5, 5.41) is 20.9. The van der Waals surface area contributed by atoms with Crippen LogP contribution >= 0.6 is 18.2 Å². The molecule has 4 unspecified atom stereocenters. The van der Waals surface area contributed by atoms with E-state index >= 15 is 0 Å². The fourth-order valence-corrected chi connectivity index (χ4v) is 7.91. The number of aromatic nitrogens is 4. The topological polar surface area (TPSA) is 246 Å². The number of methoxy groups -OCH3 is 1. The van der Waals surface area contributed by atoms with Gasteiger partial charge in [-0.2, -0.15) is 0 Å². The summed E-state index contributed by atoms with van der Waals surface area (Å²) in [6, 6.07) is 0. The third-order valence-electron chi connectivity index (χ3n) is 7.31. The van der Waals surface area contributed by atoms with E-state index in [-0.39, 0.29) is 12.2 Å². The highest BCUT2D eigenvalue weighted by Crippen LogP contribution is 2.63. The maximum Gasteiger partial charge on any atom is 0.509 e. The normalized spacial score (nSPS) is 29.1. The zero-order valence-electron chi connectivity index (χ0n) is 25.5. The number of aliphatic hydroxyl groups excluding tert-OH is 2. The van der Waals surface area contributed by atoms with E-state index in [9.17, 15) is 29.2 Å². The third-order valence-corrected chi connectivity index (χ3v) is 10.7. The molecule has 1 amide bonds. The summed E-state index contributed by atoms with van der Waals surface area (Å²) in [4.78, 5) is 49.8. The molecule has 47 heavy (non-hydrogen) atoms. The Kier molecular flexibility index (Phi) is 11.1. The summed E-state index contributed by atoms with van der Waals surface area (Å²) in [5.74, 6) is -1.33. The molecule has 19 nitrogen and oxygen atoms in total. The van der Waals surface area contributed by atoms with Crippen molar-refractivity contribution < 1.29 is 61.9 Å². The van der Waals surface area contributed by atoms with Crippen LogP contribution in [0.3, 0.4) is 0 Å². The van der Waals surface area contributed by atoms with E-state index in [1.807, 2.05) is 0 Å². The summed E-state index contributed by atoms with van der Waals surface area (Å²) in [7, 11) is 1.30. The van der Waals surface area contributed by atoms with Crippen molar-refractivity contribution in [1.82, 2.24) is 24.4 Å². The molecular weight excluding hydrogens is 667 g/mol. The first-order chi connectivity index (χ1) is 22.4. The highest BCUT2D eigenvalue weighted by Gasteiger charge is 2.52. The number of nitrogens with zero attached hydrogens (tertiary/aromatic N) is 5. The number of rotatable bonds is 13. The summed E-state index contributed by atoms with van der Waals surface area (Å²) >= 11 is 0.488. The van der Waals surface area contributed by atoms with E-state index in [4.69, 9.17) is 38.5 Å². The zero-order chi connectivity index (χ0) is 33.9. The number of hydrogen-bond acceptors (Lipinski definition) is 18. The van der Waals surface area contributed by atoms with E-state index in [1.54, 1.807) is 18.4 Å². The van der Waals surface area contributed by atoms with Crippen LogP contribution < -0.4 is 5.73 Å². The molecule has 2 aromatic rings. The summed E-state index contributed by atoms with van der Waals surface area (Å²) in [6.45, 7) is -2.21. The Balaban J connectivity index is 1.32. The fraction of sp³-hybridized carbons (Fsp3) is 0.615. The van der Waals surface area contributed by atoms with Gasteiger partial charge in [-0.05, 0) is 19.9 Å². The fourth-order valence-electron chi connectivity index (χ4n) is 5.12. The molecule has 21 heteroatoms. The van der Waals surface area contributed by atoms with Gasteiger partial charge in [0, 0.05) is 31.1 Å². The van der Waals surface area contributed by atoms with Crippen molar-refractivity contribution in [3.05, 3.63) is 24.9 Å². The minimum atomic E-state index is -4.37. The van der Waals surface area contributed by atoms with Crippen LogP contribution in [0.15, 0.2) is 24.9 Å². The lowest BCUT2D eigenvalue weighted by molar-refractivity contribution is -0.149. The Bertz CT molecular complexity index is 1540. The molecule has 8 atom stereocenters. The minimum Gasteiger partial charge on any atom is -0.432 e. The number of amides is 1. The second-order valence-corrected chi connectivity index (χ2v) is 14.8. The number of nitrogen functional groups attached to an aromatic ring is 1. The van der Waals surface area contributed by atoms with Crippen molar-refractivity contribution >= 4 is 53.0 Å². The Morgan fingerprint density at radius 1 is 1.21 bits per heavy atom. The highest BCUT2D eigenvalue weighted by molar-refractivity contribution is 8.55. The van der Waals surface area contributed by atoms with Crippen LogP contribution in [0.1, 0.15) is 32.9 Å². The summed E-state index contributed by atoms with van der Waals surface area (Å²) in [5.41, 5.74) is 6.61. The first-order valence-corrected chi connectivity index (χ1v) is 17.5. The second kappa shape index (κ2) is 14.9. The maximum atomic E-state index is 14.2. The van der Waals surface area contributed by atoms with Crippen LogP contribution in [0, 0.1) is 0 Å². The Hall–Kier alpha value is -3.20. The van der Waals surface area contributed by atoms with E-state index in [0.29, 0.717) is 22.5 Å². The van der Waals surface area contributed by atoms with Gasteiger partial charge in [-0.25, -0.2) is 24.3 Å². The van der Waals surface area contributed by atoms with Gasteiger partial charge in [-0.15, -0.1) is 0 Å². The standard InChI is InChI=1S/C26H35N6O13PS/c1-13(2)42-26(37)40-12-47-46(38,45-21-16(8-33)44-25(22(21)39-3)31-5-4-14(34)6-18(31)36)41-9-17-15(35)7-19(43-17)32-11-30-20-23(27)28-10-29-24(20)32/h4-5,10-11,13,15-17,19,21-22,25,33,35H,6-9,12H2,1-3H3,(H2,27,28,29)/t15?,16-,17-,19?,21?,22+,25?,46+/m1/s1. The number of carbonyl (C=O) groups excluding carboxylic acids is 3. The lowest BCUT2D eigenvalue weighted by Crippen LogP contribution is -2.47. The third kappa shape index (κ3) is 7.93. The molecule has 2 fully saturated rings. The maximum absolute atomic E-state index is 14.2. The lowest BCUT2D eigenvalue weighted by Gasteiger charge is -2.31. The lowest BCUT2D eigenvalue weighted by atomic mass is 10.1. The van der Waals surface area contributed by atoms with Gasteiger partial charge in [-0.1, -0.05) is 0 Å². The molecule has 3 aliphatic rings. The average molecular weight is 703 g/mol. The van der Waals surface area contributed by atoms with Gasteiger partial charge in [0.25, 0.3) is 0 Å². The molecular formula is C26H35N6O13PS. The van der Waals surface area contributed by atoms with Crippen molar-refractivity contribution in [2.24, 2.45) is 0 Å². The smallest absolute Gasteiger partial charge is 0.432 e. The minimum absolute atomic E-state index is 0.0994. The number of aliphatic hydroxyl groups is 2. The monoisotopic (exact) mass is 702 g/mol. The number of imidazole rings is 1. The van der Waals surface area contributed by atoms with Crippen molar-refractivity contribution in [1.29, 1.82) is 0 Å². The molecule has 3 aliphatic heterocycles. The largest absolute Gasteiger partial charge is 0.509 e.